The van der Waals surface area contributed by atoms with Crippen molar-refractivity contribution < 1.29 is 18.3 Å². The van der Waals surface area contributed by atoms with Crippen LogP contribution >= 0.6 is 0 Å². The molecule has 1 aliphatic rings. The molecule has 2 rings (SSSR count). The normalized spacial score (nSPS) is 22.9. The first kappa shape index (κ1) is 14.0. The molecule has 106 valence electrons. The van der Waals surface area contributed by atoms with Gasteiger partial charge in [0.1, 0.15) is 10.6 Å². The summed E-state index contributed by atoms with van der Waals surface area (Å²) in [4.78, 5) is 11.8. The molecule has 1 aromatic heterocycles. The Hall–Kier alpha value is -1.38. The molecule has 0 radical (unpaired) electrons. The van der Waals surface area contributed by atoms with Gasteiger partial charge in [-0.2, -0.15) is 0 Å². The van der Waals surface area contributed by atoms with Crippen LogP contribution in [0.1, 0.15) is 23.3 Å². The summed E-state index contributed by atoms with van der Waals surface area (Å²) in [6, 6.07) is 1.25. The topological polar surface area (TPSA) is 114 Å². The number of amides is 1. The predicted molar refractivity (Wildman–Crippen MR) is 67.9 cm³/mol. The number of carbonyl (C=O) groups excluding carboxylic acids is 1. The van der Waals surface area contributed by atoms with Gasteiger partial charge in [0, 0.05) is 19.8 Å². The Bertz CT molecular complexity index is 587. The van der Waals surface area contributed by atoms with Gasteiger partial charge in [-0.3, -0.25) is 4.79 Å². The fraction of sp³-hybridized carbons (Fsp3) is 0.545. The number of nitrogens with one attached hydrogen (secondary N) is 1. The molecule has 0 aliphatic heterocycles. The molecular formula is C11H17N3O4S. The third-order valence-corrected chi connectivity index (χ3v) is 4.18. The fourth-order valence-electron chi connectivity index (χ4n) is 2.11. The van der Waals surface area contributed by atoms with Gasteiger partial charge in [0.25, 0.3) is 5.91 Å². The molecule has 1 saturated carbocycles. The van der Waals surface area contributed by atoms with Crippen LogP contribution in [0.5, 0.6) is 0 Å². The second-order valence-corrected chi connectivity index (χ2v) is 6.48. The number of rotatable bonds is 4. The molecule has 0 atom stereocenters. The van der Waals surface area contributed by atoms with Crippen LogP contribution in [0.15, 0.2) is 17.2 Å². The van der Waals surface area contributed by atoms with E-state index in [1.165, 1.54) is 16.8 Å². The Balaban J connectivity index is 2.01. The number of nitrogens with zero attached hydrogens (tertiary/aromatic N) is 1. The monoisotopic (exact) mass is 287 g/mol. The zero-order valence-electron chi connectivity index (χ0n) is 10.5. The van der Waals surface area contributed by atoms with Crippen molar-refractivity contribution in [2.45, 2.75) is 23.8 Å². The first-order chi connectivity index (χ1) is 8.77. The van der Waals surface area contributed by atoms with E-state index in [9.17, 15) is 13.2 Å². The van der Waals surface area contributed by atoms with Crippen molar-refractivity contribution in [1.29, 1.82) is 0 Å². The Morgan fingerprint density at radius 1 is 1.58 bits per heavy atom. The number of aliphatic hydroxyl groups is 1. The van der Waals surface area contributed by atoms with Crippen LogP contribution in [-0.2, 0) is 17.1 Å². The lowest BCUT2D eigenvalue weighted by Crippen LogP contribution is -2.38. The molecule has 0 aromatic carbocycles. The van der Waals surface area contributed by atoms with Crippen LogP contribution in [0.4, 0.5) is 0 Å². The summed E-state index contributed by atoms with van der Waals surface area (Å²) in [5.41, 5.74) is 0.240. The van der Waals surface area contributed by atoms with E-state index in [-0.39, 0.29) is 28.5 Å². The number of hydrogen-bond acceptors (Lipinski definition) is 4. The van der Waals surface area contributed by atoms with Gasteiger partial charge >= 0.3 is 0 Å². The predicted octanol–water partition coefficient (Wildman–Crippen LogP) is -0.827. The number of aromatic nitrogens is 1. The Kier molecular flexibility index (Phi) is 3.66. The van der Waals surface area contributed by atoms with Crippen molar-refractivity contribution in [2.24, 2.45) is 18.1 Å². The minimum Gasteiger partial charge on any atom is -0.393 e. The van der Waals surface area contributed by atoms with Crippen LogP contribution in [-0.4, -0.2) is 36.6 Å². The van der Waals surface area contributed by atoms with Gasteiger partial charge in [0.2, 0.25) is 10.0 Å². The summed E-state index contributed by atoms with van der Waals surface area (Å²) in [6.07, 6.45) is 2.43. The average molecular weight is 287 g/mol. The summed E-state index contributed by atoms with van der Waals surface area (Å²) >= 11 is 0. The Morgan fingerprint density at radius 3 is 2.68 bits per heavy atom. The van der Waals surface area contributed by atoms with Crippen molar-refractivity contribution in [3.63, 3.8) is 0 Å². The highest BCUT2D eigenvalue weighted by molar-refractivity contribution is 7.89. The molecule has 0 saturated heterocycles. The highest BCUT2D eigenvalue weighted by Crippen LogP contribution is 2.26. The maximum Gasteiger partial charge on any atom is 0.267 e. The number of carbonyl (C=O) groups is 1. The van der Waals surface area contributed by atoms with Crippen molar-refractivity contribution in [3.8, 4) is 0 Å². The van der Waals surface area contributed by atoms with Gasteiger partial charge in [-0.05, 0) is 24.8 Å². The molecule has 8 heteroatoms. The van der Waals surface area contributed by atoms with Gasteiger partial charge in [0.15, 0.2) is 0 Å². The molecule has 0 unspecified atom stereocenters. The summed E-state index contributed by atoms with van der Waals surface area (Å²) in [5, 5.41) is 16.9. The first-order valence-corrected chi connectivity index (χ1v) is 7.47. The van der Waals surface area contributed by atoms with E-state index in [0.29, 0.717) is 19.4 Å². The van der Waals surface area contributed by atoms with Gasteiger partial charge in [-0.25, -0.2) is 13.6 Å². The molecule has 19 heavy (non-hydrogen) atoms. The first-order valence-electron chi connectivity index (χ1n) is 5.93. The number of aliphatic hydroxyl groups excluding tert-OH is 1. The third-order valence-electron chi connectivity index (χ3n) is 3.30. The highest BCUT2D eigenvalue weighted by Gasteiger charge is 2.27. The van der Waals surface area contributed by atoms with E-state index < -0.39 is 10.0 Å². The minimum atomic E-state index is -3.80. The fourth-order valence-corrected chi connectivity index (χ4v) is 2.69. The van der Waals surface area contributed by atoms with E-state index in [1.807, 2.05) is 0 Å². The summed E-state index contributed by atoms with van der Waals surface area (Å²) < 4.78 is 23.8. The molecule has 1 heterocycles. The highest BCUT2D eigenvalue weighted by atomic mass is 32.2. The third kappa shape index (κ3) is 3.14. The van der Waals surface area contributed by atoms with Crippen molar-refractivity contribution >= 4 is 15.9 Å². The lowest BCUT2D eigenvalue weighted by atomic mass is 9.82. The maximum atomic E-state index is 11.9. The molecule has 1 aliphatic carbocycles. The lowest BCUT2D eigenvalue weighted by Gasteiger charge is -2.31. The standard InChI is InChI=1S/C11H17N3O4S/c1-14-6-9(19(12,17)18)4-10(14)11(16)13-5-7-2-8(15)3-7/h4,6-8,15H,2-3,5H2,1H3,(H,13,16)(H2,12,17,18). The molecule has 7 nitrogen and oxygen atoms in total. The molecule has 4 N–H and O–H groups in total. The number of nitrogens with two attached hydrogens (primary N) is 1. The molecule has 0 bridgehead atoms. The van der Waals surface area contributed by atoms with Crippen molar-refractivity contribution in [1.82, 2.24) is 9.88 Å². The molecule has 1 fully saturated rings. The van der Waals surface area contributed by atoms with Crippen LogP contribution < -0.4 is 10.5 Å². The molecule has 1 amide bonds. The van der Waals surface area contributed by atoms with E-state index in [2.05, 4.69) is 5.32 Å². The summed E-state index contributed by atoms with van der Waals surface area (Å²) in [5.74, 6) is -0.0595. The van der Waals surface area contributed by atoms with Crippen molar-refractivity contribution in [2.75, 3.05) is 6.54 Å². The van der Waals surface area contributed by atoms with E-state index in [4.69, 9.17) is 10.2 Å². The largest absolute Gasteiger partial charge is 0.393 e. The smallest absolute Gasteiger partial charge is 0.267 e. The Labute approximate surface area is 111 Å². The number of hydrogen-bond donors (Lipinski definition) is 3. The number of sulfonamides is 1. The summed E-state index contributed by atoms with van der Waals surface area (Å²) in [7, 11) is -2.22. The van der Waals surface area contributed by atoms with Gasteiger partial charge in [-0.1, -0.05) is 0 Å². The van der Waals surface area contributed by atoms with Gasteiger partial charge in [0.05, 0.1) is 6.10 Å². The van der Waals surface area contributed by atoms with Crippen LogP contribution in [0.3, 0.4) is 0 Å². The average Bonchev–Trinajstić information content (AvgIpc) is 2.64. The quantitative estimate of drug-likeness (QED) is 0.670. The van der Waals surface area contributed by atoms with Gasteiger partial charge in [-0.15, -0.1) is 0 Å². The SMILES string of the molecule is Cn1cc(S(N)(=O)=O)cc1C(=O)NCC1CC(O)C1. The molecule has 1 aromatic rings. The van der Waals surface area contributed by atoms with E-state index in [0.717, 1.165) is 0 Å². The van der Waals surface area contributed by atoms with E-state index in [1.54, 1.807) is 7.05 Å². The second kappa shape index (κ2) is 4.95. The molecule has 0 spiro atoms. The van der Waals surface area contributed by atoms with Gasteiger partial charge < -0.3 is 15.0 Å². The Morgan fingerprint density at radius 2 is 2.21 bits per heavy atom. The zero-order chi connectivity index (χ0) is 14.2. The summed E-state index contributed by atoms with van der Waals surface area (Å²) in [6.45, 7) is 0.478. The van der Waals surface area contributed by atoms with Crippen LogP contribution in [0, 0.1) is 5.92 Å². The van der Waals surface area contributed by atoms with Crippen LogP contribution in [0.2, 0.25) is 0 Å². The number of aryl methyl sites for hydroxylation is 1. The number of primary sulfonamides is 1. The maximum absolute atomic E-state index is 11.9. The van der Waals surface area contributed by atoms with Crippen LogP contribution in [0.25, 0.3) is 0 Å². The van der Waals surface area contributed by atoms with Crippen molar-refractivity contribution in [3.05, 3.63) is 18.0 Å². The lowest BCUT2D eigenvalue weighted by molar-refractivity contribution is 0.0419. The second-order valence-electron chi connectivity index (χ2n) is 4.92. The van der Waals surface area contributed by atoms with E-state index >= 15 is 0 Å². The zero-order valence-corrected chi connectivity index (χ0v) is 11.4. The minimum absolute atomic E-state index is 0.0841. The molecular weight excluding hydrogens is 270 g/mol.